The fourth-order valence-electron chi connectivity index (χ4n) is 0. The monoisotopic (exact) mass is 188 g/mol. The topological polar surface area (TPSA) is 54.4 Å². The van der Waals surface area contributed by atoms with Crippen LogP contribution in [-0.2, 0) is 31.4 Å². The van der Waals surface area contributed by atoms with Crippen LogP contribution in [0.15, 0.2) is 0 Å². The molecule has 1 N–H and O–H groups in total. The van der Waals surface area contributed by atoms with Gasteiger partial charge >= 0.3 is 0 Å². The Bertz CT molecular complexity index is 55.3. The van der Waals surface area contributed by atoms with Gasteiger partial charge in [0.2, 0.25) is 0 Å². The zero-order valence-electron chi connectivity index (χ0n) is 2.03. The molecule has 0 fully saturated rings. The molecular weight excluding hydrogens is 186 g/mol. The average Bonchev–Trinajstić information content (AvgIpc) is 0.811. The van der Waals surface area contributed by atoms with Gasteiger partial charge in [0, 0.05) is 20.4 Å². The van der Waals surface area contributed by atoms with Gasteiger partial charge in [-0.25, -0.2) is 8.42 Å². The van der Waals surface area contributed by atoms with Crippen molar-refractivity contribution in [3.63, 3.8) is 0 Å². The first kappa shape index (κ1) is 9.13. The number of hydrogen-bond donors (Lipinski definition) is 2. The summed E-state index contributed by atoms with van der Waals surface area (Å²) in [7, 11) is -3.12. The van der Waals surface area contributed by atoms with Crippen molar-refractivity contribution in [1.82, 2.24) is 0 Å². The second kappa shape index (κ2) is 4.57. The molecule has 0 saturated carbocycles. The zero-order chi connectivity index (χ0) is 3.58. The van der Waals surface area contributed by atoms with E-state index in [9.17, 15) is 0 Å². The third-order valence-corrected chi connectivity index (χ3v) is 0. The van der Waals surface area contributed by atoms with Crippen molar-refractivity contribution in [2.75, 3.05) is 0 Å². The van der Waals surface area contributed by atoms with Crippen LogP contribution >= 0.6 is 0 Å². The standard InChI is InChI=1S/H2O3S.Pd/c1-4(2)3;/h4H,(H,1,2,3);. The summed E-state index contributed by atoms with van der Waals surface area (Å²) < 4.78 is 24.2. The Kier molecular flexibility index (Phi) is 8.35. The Labute approximate surface area is 44.8 Å². The molecule has 0 aromatic carbocycles. The van der Waals surface area contributed by atoms with E-state index < -0.39 is 11.0 Å². The van der Waals surface area contributed by atoms with Gasteiger partial charge in [0.05, 0.1) is 0 Å². The molecule has 0 aliphatic rings. The van der Waals surface area contributed by atoms with E-state index in [1.165, 1.54) is 0 Å². The average molecular weight is 188 g/mol. The van der Waals surface area contributed by atoms with E-state index in [4.69, 9.17) is 13.0 Å². The summed E-state index contributed by atoms with van der Waals surface area (Å²) in [5.74, 6) is 0. The van der Waals surface area contributed by atoms with Gasteiger partial charge in [0.25, 0.3) is 11.0 Å². The molecule has 5 heavy (non-hydrogen) atoms. The molecule has 0 rings (SSSR count). The first-order valence-corrected chi connectivity index (χ1v) is 1.70. The normalized spacial score (nSPS) is 6.80. The molecule has 0 atom stereocenters. The third-order valence-electron chi connectivity index (χ3n) is 0. The maximum atomic E-state index is 8.59. The van der Waals surface area contributed by atoms with Crippen LogP contribution in [0.5, 0.6) is 0 Å². The molecule has 0 aromatic heterocycles. The Morgan fingerprint density at radius 1 is 1.40 bits per heavy atom. The molecule has 0 aliphatic heterocycles. The summed E-state index contributed by atoms with van der Waals surface area (Å²) in [6.07, 6.45) is 0. The van der Waals surface area contributed by atoms with Crippen molar-refractivity contribution in [2.24, 2.45) is 0 Å². The second-order valence-corrected chi connectivity index (χ2v) is 0.714. The van der Waals surface area contributed by atoms with E-state index >= 15 is 0 Å². The van der Waals surface area contributed by atoms with Crippen LogP contribution in [0.1, 0.15) is 0 Å². The van der Waals surface area contributed by atoms with Crippen LogP contribution in [0.3, 0.4) is 0 Å². The van der Waals surface area contributed by atoms with Crippen LogP contribution < -0.4 is 0 Å². The van der Waals surface area contributed by atoms with Gasteiger partial charge in [-0.2, -0.15) is 0 Å². The summed E-state index contributed by atoms with van der Waals surface area (Å²) in [5.41, 5.74) is 0. The Hall–Kier alpha value is 0.572. The Morgan fingerprint density at radius 3 is 1.40 bits per heavy atom. The summed E-state index contributed by atoms with van der Waals surface area (Å²) in [6.45, 7) is 0. The summed E-state index contributed by atoms with van der Waals surface area (Å²) >= 11 is 0. The Balaban J connectivity index is 0. The van der Waals surface area contributed by atoms with Crippen molar-refractivity contribution in [1.29, 1.82) is 0 Å². The quantitative estimate of drug-likeness (QED) is 0.293. The molecule has 0 amide bonds. The van der Waals surface area contributed by atoms with E-state index in [1.807, 2.05) is 0 Å². The van der Waals surface area contributed by atoms with Gasteiger partial charge in [-0.05, 0) is 0 Å². The summed E-state index contributed by atoms with van der Waals surface area (Å²) in [5, 5.41) is 0. The van der Waals surface area contributed by atoms with Gasteiger partial charge < -0.3 is 0 Å². The van der Waals surface area contributed by atoms with Gasteiger partial charge in [0.1, 0.15) is 0 Å². The van der Waals surface area contributed by atoms with Gasteiger partial charge in [0.15, 0.2) is 0 Å². The molecule has 36 valence electrons. The van der Waals surface area contributed by atoms with Gasteiger partial charge in [-0.1, -0.05) is 0 Å². The third kappa shape index (κ3) is 92.4. The van der Waals surface area contributed by atoms with E-state index in [0.29, 0.717) is 0 Å². The Morgan fingerprint density at radius 2 is 1.40 bits per heavy atom. The molecule has 0 aliphatic carbocycles. The smallest absolute Gasteiger partial charge is 0.254 e. The van der Waals surface area contributed by atoms with Crippen LogP contribution in [0.4, 0.5) is 0 Å². The molecule has 0 radical (unpaired) electrons. The molecule has 5 heteroatoms. The molecule has 0 heterocycles. The van der Waals surface area contributed by atoms with Crippen molar-refractivity contribution in [2.45, 2.75) is 0 Å². The molecule has 0 spiro atoms. The maximum absolute atomic E-state index is 8.59. The summed E-state index contributed by atoms with van der Waals surface area (Å²) in [4.78, 5) is 0. The van der Waals surface area contributed by atoms with Crippen molar-refractivity contribution < 1.29 is 33.4 Å². The molecular formula is H2O3PdS. The van der Waals surface area contributed by atoms with Crippen LogP contribution in [-0.4, -0.2) is 13.0 Å². The first-order chi connectivity index (χ1) is 1.73. The van der Waals surface area contributed by atoms with E-state index in [2.05, 4.69) is 0 Å². The summed E-state index contributed by atoms with van der Waals surface area (Å²) in [6, 6.07) is 0. The predicted molar refractivity (Wildman–Crippen MR) is 12.9 cm³/mol. The second-order valence-electron chi connectivity index (χ2n) is 0.238. The van der Waals surface area contributed by atoms with E-state index in [0.717, 1.165) is 0 Å². The zero-order valence-corrected chi connectivity index (χ0v) is 4.48. The first-order valence-electron chi connectivity index (χ1n) is 0.565. The number of thiol groups is 1. The largest absolute Gasteiger partial charge is 0.288 e. The van der Waals surface area contributed by atoms with Crippen LogP contribution in [0.25, 0.3) is 0 Å². The SMILES string of the molecule is O=[SH](=O)O.[Pd]. The van der Waals surface area contributed by atoms with Crippen molar-refractivity contribution in [3.05, 3.63) is 0 Å². The minimum Gasteiger partial charge on any atom is -0.288 e. The molecule has 0 unspecified atom stereocenters. The van der Waals surface area contributed by atoms with E-state index in [-0.39, 0.29) is 20.4 Å². The molecule has 0 aromatic rings. The fraction of sp³-hybridized carbons (Fsp3) is 0. The van der Waals surface area contributed by atoms with E-state index in [1.54, 1.807) is 0 Å². The predicted octanol–water partition coefficient (Wildman–Crippen LogP) is -0.932. The van der Waals surface area contributed by atoms with Crippen LogP contribution in [0, 0.1) is 0 Å². The minimum absolute atomic E-state index is 0. The van der Waals surface area contributed by atoms with Gasteiger partial charge in [-0.15, -0.1) is 0 Å². The van der Waals surface area contributed by atoms with Crippen LogP contribution in [0.2, 0.25) is 0 Å². The molecule has 3 nitrogen and oxygen atoms in total. The minimum atomic E-state index is -3.12. The fourth-order valence-corrected chi connectivity index (χ4v) is 0. The molecule has 0 saturated heterocycles. The van der Waals surface area contributed by atoms with Gasteiger partial charge in [-0.3, -0.25) is 4.55 Å². The maximum Gasteiger partial charge on any atom is 0.254 e. The van der Waals surface area contributed by atoms with Crippen molar-refractivity contribution in [3.8, 4) is 0 Å². The number of hydrogen-bond acceptors (Lipinski definition) is 2. The van der Waals surface area contributed by atoms with Crippen molar-refractivity contribution >= 4 is 11.0 Å². The molecule has 0 bridgehead atoms. The number of rotatable bonds is 0.